The molecule has 0 spiro atoms. The molecule has 2 nitrogen and oxygen atoms in total. The van der Waals surface area contributed by atoms with E-state index in [4.69, 9.17) is 0 Å². The van der Waals surface area contributed by atoms with Crippen molar-refractivity contribution in [2.24, 2.45) is 11.8 Å². The van der Waals surface area contributed by atoms with E-state index >= 15 is 0 Å². The SMILES string of the molecule is CC1CCN(CC2CCN(C)CC2F)CC1. The summed E-state index contributed by atoms with van der Waals surface area (Å²) >= 11 is 0. The van der Waals surface area contributed by atoms with E-state index in [-0.39, 0.29) is 5.92 Å². The molecular formula is C13H25FN2. The summed E-state index contributed by atoms with van der Waals surface area (Å²) < 4.78 is 13.9. The molecule has 0 amide bonds. The Labute approximate surface area is 98.8 Å². The van der Waals surface area contributed by atoms with Crippen molar-refractivity contribution in [1.29, 1.82) is 0 Å². The van der Waals surface area contributed by atoms with E-state index in [0.717, 1.165) is 25.4 Å². The molecule has 16 heavy (non-hydrogen) atoms. The van der Waals surface area contributed by atoms with Crippen molar-refractivity contribution < 1.29 is 4.39 Å². The van der Waals surface area contributed by atoms with Gasteiger partial charge >= 0.3 is 0 Å². The summed E-state index contributed by atoms with van der Waals surface area (Å²) in [5, 5.41) is 0. The Morgan fingerprint density at radius 1 is 1.12 bits per heavy atom. The lowest BCUT2D eigenvalue weighted by molar-refractivity contribution is 0.0634. The maximum atomic E-state index is 13.9. The number of likely N-dealkylation sites (tertiary alicyclic amines) is 2. The van der Waals surface area contributed by atoms with Crippen molar-refractivity contribution in [3.63, 3.8) is 0 Å². The van der Waals surface area contributed by atoms with Crippen molar-refractivity contribution in [3.05, 3.63) is 0 Å². The van der Waals surface area contributed by atoms with Gasteiger partial charge in [0.25, 0.3) is 0 Å². The monoisotopic (exact) mass is 228 g/mol. The predicted octanol–water partition coefficient (Wildman–Crippen LogP) is 2.01. The minimum absolute atomic E-state index is 0.282. The van der Waals surface area contributed by atoms with Crippen molar-refractivity contribution >= 4 is 0 Å². The quantitative estimate of drug-likeness (QED) is 0.713. The Balaban J connectivity index is 1.76. The van der Waals surface area contributed by atoms with Crippen LogP contribution in [0, 0.1) is 11.8 Å². The Bertz CT molecular complexity index is 214. The maximum absolute atomic E-state index is 13.9. The molecule has 2 saturated heterocycles. The summed E-state index contributed by atoms with van der Waals surface area (Å²) in [4.78, 5) is 4.59. The number of nitrogens with zero attached hydrogens (tertiary/aromatic N) is 2. The number of alkyl halides is 1. The molecular weight excluding hydrogens is 203 g/mol. The summed E-state index contributed by atoms with van der Waals surface area (Å²) in [6, 6.07) is 0. The lowest BCUT2D eigenvalue weighted by Crippen LogP contribution is -2.45. The molecule has 2 unspecified atom stereocenters. The summed E-state index contributed by atoms with van der Waals surface area (Å²) in [5.74, 6) is 1.15. The molecule has 0 aromatic rings. The van der Waals surface area contributed by atoms with Gasteiger partial charge in [-0.25, -0.2) is 4.39 Å². The molecule has 0 N–H and O–H groups in total. The van der Waals surface area contributed by atoms with Crippen LogP contribution in [0.25, 0.3) is 0 Å². The summed E-state index contributed by atoms with van der Waals surface area (Å²) in [7, 11) is 2.02. The molecule has 2 aliphatic rings. The standard InChI is InChI=1S/C13H25FN2/c1-11-3-7-16(8-4-11)9-12-5-6-15(2)10-13(12)14/h11-13H,3-10H2,1-2H3. The Morgan fingerprint density at radius 2 is 1.81 bits per heavy atom. The van der Waals surface area contributed by atoms with Crippen LogP contribution in [0.1, 0.15) is 26.2 Å². The highest BCUT2D eigenvalue weighted by molar-refractivity contribution is 4.82. The molecule has 2 fully saturated rings. The van der Waals surface area contributed by atoms with Crippen LogP contribution in [0.4, 0.5) is 4.39 Å². The zero-order chi connectivity index (χ0) is 11.5. The van der Waals surface area contributed by atoms with Gasteiger partial charge in [-0.1, -0.05) is 6.92 Å². The maximum Gasteiger partial charge on any atom is 0.117 e. The van der Waals surface area contributed by atoms with Gasteiger partial charge in [0.2, 0.25) is 0 Å². The van der Waals surface area contributed by atoms with E-state index in [1.165, 1.54) is 25.9 Å². The van der Waals surface area contributed by atoms with E-state index in [0.29, 0.717) is 6.54 Å². The van der Waals surface area contributed by atoms with Crippen molar-refractivity contribution in [1.82, 2.24) is 9.80 Å². The number of rotatable bonds is 2. The van der Waals surface area contributed by atoms with Gasteiger partial charge < -0.3 is 9.80 Å². The molecule has 0 saturated carbocycles. The van der Waals surface area contributed by atoms with E-state index < -0.39 is 6.17 Å². The second-order valence-corrected chi connectivity index (χ2v) is 5.81. The molecule has 94 valence electrons. The largest absolute Gasteiger partial charge is 0.303 e. The van der Waals surface area contributed by atoms with Crippen molar-refractivity contribution in [2.75, 3.05) is 39.8 Å². The van der Waals surface area contributed by atoms with Gasteiger partial charge in [0.15, 0.2) is 0 Å². The van der Waals surface area contributed by atoms with Crippen LogP contribution in [0.5, 0.6) is 0 Å². The first-order chi connectivity index (χ1) is 7.65. The first kappa shape index (κ1) is 12.3. The normalized spacial score (nSPS) is 35.4. The predicted molar refractivity (Wildman–Crippen MR) is 65.3 cm³/mol. The van der Waals surface area contributed by atoms with Gasteiger partial charge in [0.1, 0.15) is 6.17 Å². The number of halogens is 1. The zero-order valence-electron chi connectivity index (χ0n) is 10.7. The Kier molecular flexibility index (Phi) is 4.20. The van der Waals surface area contributed by atoms with E-state index in [9.17, 15) is 4.39 Å². The summed E-state index contributed by atoms with van der Waals surface area (Å²) in [6.45, 7) is 7.37. The molecule has 2 atom stereocenters. The Morgan fingerprint density at radius 3 is 2.44 bits per heavy atom. The van der Waals surface area contributed by atoms with Crippen LogP contribution in [0.15, 0.2) is 0 Å². The van der Waals surface area contributed by atoms with Crippen molar-refractivity contribution in [2.45, 2.75) is 32.4 Å². The lowest BCUT2D eigenvalue weighted by Gasteiger charge is -2.37. The molecule has 0 aromatic heterocycles. The average molecular weight is 228 g/mol. The first-order valence-corrected chi connectivity index (χ1v) is 6.70. The molecule has 2 aliphatic heterocycles. The first-order valence-electron chi connectivity index (χ1n) is 6.70. The fraction of sp³-hybridized carbons (Fsp3) is 1.00. The second-order valence-electron chi connectivity index (χ2n) is 5.81. The highest BCUT2D eigenvalue weighted by Gasteiger charge is 2.29. The van der Waals surface area contributed by atoms with Gasteiger partial charge in [0.05, 0.1) is 0 Å². The number of hydrogen-bond donors (Lipinski definition) is 0. The van der Waals surface area contributed by atoms with Crippen LogP contribution in [0.3, 0.4) is 0 Å². The minimum Gasteiger partial charge on any atom is -0.303 e. The minimum atomic E-state index is -0.613. The molecule has 2 heterocycles. The van der Waals surface area contributed by atoms with E-state index in [1.54, 1.807) is 0 Å². The topological polar surface area (TPSA) is 6.48 Å². The molecule has 0 aromatic carbocycles. The fourth-order valence-corrected chi connectivity index (χ4v) is 2.89. The van der Waals surface area contributed by atoms with Gasteiger partial charge in [-0.3, -0.25) is 0 Å². The molecule has 2 rings (SSSR count). The fourth-order valence-electron chi connectivity index (χ4n) is 2.89. The van der Waals surface area contributed by atoms with Gasteiger partial charge in [0, 0.05) is 19.0 Å². The highest BCUT2D eigenvalue weighted by Crippen LogP contribution is 2.23. The van der Waals surface area contributed by atoms with Gasteiger partial charge in [-0.2, -0.15) is 0 Å². The summed E-state index contributed by atoms with van der Waals surface area (Å²) in [5.41, 5.74) is 0. The third-order valence-corrected chi connectivity index (χ3v) is 4.25. The third kappa shape index (κ3) is 3.17. The molecule has 3 heteroatoms. The average Bonchev–Trinajstić information content (AvgIpc) is 2.25. The lowest BCUT2D eigenvalue weighted by atomic mass is 9.92. The van der Waals surface area contributed by atoms with Gasteiger partial charge in [-0.15, -0.1) is 0 Å². The number of hydrogen-bond acceptors (Lipinski definition) is 2. The van der Waals surface area contributed by atoms with Gasteiger partial charge in [-0.05, 0) is 51.9 Å². The van der Waals surface area contributed by atoms with Crippen LogP contribution < -0.4 is 0 Å². The van der Waals surface area contributed by atoms with E-state index in [1.807, 2.05) is 7.05 Å². The van der Waals surface area contributed by atoms with Crippen LogP contribution in [-0.2, 0) is 0 Å². The Hall–Kier alpha value is -0.150. The smallest absolute Gasteiger partial charge is 0.117 e. The van der Waals surface area contributed by atoms with Crippen LogP contribution in [-0.4, -0.2) is 55.7 Å². The molecule has 0 radical (unpaired) electrons. The molecule has 0 aliphatic carbocycles. The highest BCUT2D eigenvalue weighted by atomic mass is 19.1. The zero-order valence-corrected chi connectivity index (χ0v) is 10.7. The van der Waals surface area contributed by atoms with Crippen LogP contribution >= 0.6 is 0 Å². The van der Waals surface area contributed by atoms with Crippen LogP contribution in [0.2, 0.25) is 0 Å². The number of piperidine rings is 2. The summed E-state index contributed by atoms with van der Waals surface area (Å²) in [6.07, 6.45) is 3.01. The van der Waals surface area contributed by atoms with Crippen molar-refractivity contribution in [3.8, 4) is 0 Å². The molecule has 0 bridgehead atoms. The second kappa shape index (κ2) is 5.46. The van der Waals surface area contributed by atoms with E-state index in [2.05, 4.69) is 16.7 Å². The third-order valence-electron chi connectivity index (χ3n) is 4.25.